The first-order valence-electron chi connectivity index (χ1n) is 6.38. The summed E-state index contributed by atoms with van der Waals surface area (Å²) in [6.07, 6.45) is 2.51. The van der Waals surface area contributed by atoms with E-state index in [0.717, 1.165) is 23.7 Å². The first kappa shape index (κ1) is 13.3. The molecule has 100 valence electrons. The van der Waals surface area contributed by atoms with E-state index in [9.17, 15) is 9.59 Å². The van der Waals surface area contributed by atoms with Crippen LogP contribution in [-0.4, -0.2) is 18.0 Å². The molecule has 0 aliphatic rings. The molecule has 1 heterocycles. The van der Waals surface area contributed by atoms with Crippen LogP contribution >= 0.6 is 0 Å². The maximum absolute atomic E-state index is 12.2. The molecule has 0 N–H and O–H groups in total. The third-order valence-electron chi connectivity index (χ3n) is 3.19. The lowest BCUT2D eigenvalue weighted by atomic mass is 10.1. The minimum absolute atomic E-state index is 0.203. The zero-order valence-corrected chi connectivity index (χ0v) is 11.2. The fourth-order valence-electron chi connectivity index (χ4n) is 2.12. The number of aldehydes is 1. The molecule has 0 bridgehead atoms. The van der Waals surface area contributed by atoms with Gasteiger partial charge >= 0.3 is 0 Å². The summed E-state index contributed by atoms with van der Waals surface area (Å²) >= 11 is 0. The predicted molar refractivity (Wildman–Crippen MR) is 75.1 cm³/mol. The molecule has 0 radical (unpaired) electrons. The van der Waals surface area contributed by atoms with Crippen molar-refractivity contribution >= 4 is 17.2 Å². The van der Waals surface area contributed by atoms with Gasteiger partial charge in [0, 0.05) is 12.6 Å². The summed E-state index contributed by atoms with van der Waals surface area (Å²) in [7, 11) is 1.59. The molecule has 2 aromatic rings. The predicted octanol–water partition coefficient (Wildman–Crippen LogP) is 2.62. The molecule has 0 atom stereocenters. The first-order chi connectivity index (χ1) is 9.21. The van der Waals surface area contributed by atoms with Crippen LogP contribution in [0.2, 0.25) is 0 Å². The van der Waals surface area contributed by atoms with E-state index in [1.54, 1.807) is 17.7 Å². The molecular formula is C15H17NO3. The third kappa shape index (κ3) is 2.52. The van der Waals surface area contributed by atoms with Gasteiger partial charge in [0.15, 0.2) is 6.29 Å². The van der Waals surface area contributed by atoms with Crippen LogP contribution in [0.1, 0.15) is 30.1 Å². The van der Waals surface area contributed by atoms with Crippen LogP contribution in [-0.2, 0) is 6.54 Å². The van der Waals surface area contributed by atoms with Crippen molar-refractivity contribution < 1.29 is 9.53 Å². The number of carbonyl (C=O) groups excluding carboxylic acids is 1. The van der Waals surface area contributed by atoms with Crippen LogP contribution in [0.3, 0.4) is 0 Å². The summed E-state index contributed by atoms with van der Waals surface area (Å²) in [4.78, 5) is 23.2. The van der Waals surface area contributed by atoms with E-state index in [2.05, 4.69) is 6.92 Å². The molecule has 1 aromatic carbocycles. The Morgan fingerprint density at radius 3 is 2.74 bits per heavy atom. The number of nitrogens with zero attached hydrogens (tertiary/aromatic N) is 1. The van der Waals surface area contributed by atoms with Gasteiger partial charge in [-0.05, 0) is 30.0 Å². The van der Waals surface area contributed by atoms with E-state index in [4.69, 9.17) is 4.74 Å². The van der Waals surface area contributed by atoms with Crippen LogP contribution < -0.4 is 10.3 Å². The fraction of sp³-hybridized carbons (Fsp3) is 0.333. The Kier molecular flexibility index (Phi) is 4.00. The van der Waals surface area contributed by atoms with Crippen LogP contribution in [0, 0.1) is 0 Å². The Morgan fingerprint density at radius 2 is 2.11 bits per heavy atom. The zero-order valence-electron chi connectivity index (χ0n) is 11.2. The minimum atomic E-state index is -0.232. The molecule has 19 heavy (non-hydrogen) atoms. The Hall–Kier alpha value is -2.10. The SMILES string of the molecule is CCCCn1c(=O)c(C=O)cc2ccc(OC)cc21. The lowest BCUT2D eigenvalue weighted by Gasteiger charge is -2.12. The van der Waals surface area contributed by atoms with Gasteiger partial charge in [-0.3, -0.25) is 9.59 Å². The van der Waals surface area contributed by atoms with Crippen molar-refractivity contribution in [2.45, 2.75) is 26.3 Å². The number of aryl methyl sites for hydroxylation is 1. The van der Waals surface area contributed by atoms with E-state index >= 15 is 0 Å². The summed E-state index contributed by atoms with van der Waals surface area (Å²) in [6.45, 7) is 2.68. The number of carbonyl (C=O) groups is 1. The van der Waals surface area contributed by atoms with E-state index < -0.39 is 0 Å². The van der Waals surface area contributed by atoms with Crippen molar-refractivity contribution in [3.8, 4) is 5.75 Å². The lowest BCUT2D eigenvalue weighted by Crippen LogP contribution is -2.24. The van der Waals surface area contributed by atoms with Crippen molar-refractivity contribution in [1.29, 1.82) is 0 Å². The number of methoxy groups -OCH3 is 1. The van der Waals surface area contributed by atoms with Gasteiger partial charge in [-0.15, -0.1) is 0 Å². The zero-order chi connectivity index (χ0) is 13.8. The molecule has 4 nitrogen and oxygen atoms in total. The average Bonchev–Trinajstić information content (AvgIpc) is 2.45. The topological polar surface area (TPSA) is 48.3 Å². The highest BCUT2D eigenvalue weighted by Crippen LogP contribution is 2.20. The molecule has 0 amide bonds. The number of aromatic nitrogens is 1. The van der Waals surface area contributed by atoms with Crippen molar-refractivity contribution in [2.24, 2.45) is 0 Å². The summed E-state index contributed by atoms with van der Waals surface area (Å²) in [5, 5.41) is 0.874. The molecule has 1 aromatic heterocycles. The van der Waals surface area contributed by atoms with Gasteiger partial charge in [-0.25, -0.2) is 0 Å². The van der Waals surface area contributed by atoms with Gasteiger partial charge in [-0.1, -0.05) is 13.3 Å². The number of benzene rings is 1. The second-order valence-corrected chi connectivity index (χ2v) is 4.45. The second kappa shape index (κ2) is 5.69. The molecule has 0 spiro atoms. The minimum Gasteiger partial charge on any atom is -0.497 e. The van der Waals surface area contributed by atoms with E-state index in [0.29, 0.717) is 18.6 Å². The molecule has 0 saturated heterocycles. The normalized spacial score (nSPS) is 10.6. The quantitative estimate of drug-likeness (QED) is 0.775. The van der Waals surface area contributed by atoms with Gasteiger partial charge in [-0.2, -0.15) is 0 Å². The largest absolute Gasteiger partial charge is 0.497 e. The number of pyridine rings is 1. The van der Waals surface area contributed by atoms with Gasteiger partial charge in [0.2, 0.25) is 0 Å². The third-order valence-corrected chi connectivity index (χ3v) is 3.19. The molecule has 0 aliphatic heterocycles. The van der Waals surface area contributed by atoms with E-state index in [-0.39, 0.29) is 11.1 Å². The highest BCUT2D eigenvalue weighted by Gasteiger charge is 2.09. The van der Waals surface area contributed by atoms with Crippen LogP contribution in [0.15, 0.2) is 29.1 Å². The number of ether oxygens (including phenoxy) is 1. The number of hydrogen-bond donors (Lipinski definition) is 0. The van der Waals surface area contributed by atoms with Gasteiger partial charge < -0.3 is 9.30 Å². The monoisotopic (exact) mass is 259 g/mol. The summed E-state index contributed by atoms with van der Waals surface area (Å²) in [5.41, 5.74) is 0.779. The second-order valence-electron chi connectivity index (χ2n) is 4.45. The van der Waals surface area contributed by atoms with Crippen molar-refractivity contribution in [2.75, 3.05) is 7.11 Å². The van der Waals surface area contributed by atoms with Crippen molar-refractivity contribution in [1.82, 2.24) is 4.57 Å². The smallest absolute Gasteiger partial charge is 0.261 e. The van der Waals surface area contributed by atoms with Crippen LogP contribution in [0.25, 0.3) is 10.9 Å². The van der Waals surface area contributed by atoms with Crippen LogP contribution in [0.4, 0.5) is 0 Å². The summed E-state index contributed by atoms with van der Waals surface area (Å²) in [5.74, 6) is 0.705. The highest BCUT2D eigenvalue weighted by atomic mass is 16.5. The van der Waals surface area contributed by atoms with Crippen LogP contribution in [0.5, 0.6) is 5.75 Å². The Labute approximate surface area is 111 Å². The lowest BCUT2D eigenvalue weighted by molar-refractivity contribution is 0.112. The molecular weight excluding hydrogens is 242 g/mol. The molecule has 0 aliphatic carbocycles. The number of unbranched alkanes of at least 4 members (excludes halogenated alkanes) is 1. The Morgan fingerprint density at radius 1 is 1.32 bits per heavy atom. The fourth-order valence-corrected chi connectivity index (χ4v) is 2.12. The summed E-state index contributed by atoms with van der Waals surface area (Å²) in [6, 6.07) is 7.15. The number of hydrogen-bond acceptors (Lipinski definition) is 3. The maximum Gasteiger partial charge on any atom is 0.261 e. The van der Waals surface area contributed by atoms with Crippen molar-refractivity contribution in [3.05, 3.63) is 40.2 Å². The summed E-state index contributed by atoms with van der Waals surface area (Å²) < 4.78 is 6.85. The van der Waals surface area contributed by atoms with Gasteiger partial charge in [0.25, 0.3) is 5.56 Å². The van der Waals surface area contributed by atoms with Crippen molar-refractivity contribution in [3.63, 3.8) is 0 Å². The maximum atomic E-state index is 12.2. The van der Waals surface area contributed by atoms with Gasteiger partial charge in [0.05, 0.1) is 18.2 Å². The number of fused-ring (bicyclic) bond motifs is 1. The van der Waals surface area contributed by atoms with Gasteiger partial charge in [0.1, 0.15) is 5.75 Å². The standard InChI is InChI=1S/C15H17NO3/c1-3-4-7-16-14-9-13(19-2)6-5-11(14)8-12(10-17)15(16)18/h5-6,8-10H,3-4,7H2,1-2H3. The Balaban J connectivity index is 2.72. The Bertz CT molecular complexity index is 658. The van der Waals surface area contributed by atoms with E-state index in [1.807, 2.05) is 18.2 Å². The molecule has 0 fully saturated rings. The highest BCUT2D eigenvalue weighted by molar-refractivity contribution is 5.87. The first-order valence-corrected chi connectivity index (χ1v) is 6.38. The van der Waals surface area contributed by atoms with E-state index in [1.165, 1.54) is 0 Å². The average molecular weight is 259 g/mol. The number of rotatable bonds is 5. The molecule has 4 heteroatoms. The molecule has 0 unspecified atom stereocenters. The molecule has 2 rings (SSSR count). The molecule has 0 saturated carbocycles.